The van der Waals surface area contributed by atoms with Crippen LogP contribution in [0.4, 0.5) is 5.69 Å². The van der Waals surface area contributed by atoms with E-state index in [2.05, 4.69) is 5.32 Å². The molecular formula is C23H32N2O4S. The third-order valence-electron chi connectivity index (χ3n) is 4.93. The SMILES string of the molecule is CCCC(C(=O)Nc1ccc(OCC)c(S(=O)(=O)N(CC)CC)c1)c1ccccc1. The first-order valence-electron chi connectivity index (χ1n) is 10.5. The Bertz CT molecular complexity index is 925. The summed E-state index contributed by atoms with van der Waals surface area (Å²) in [4.78, 5) is 13.1. The lowest BCUT2D eigenvalue weighted by atomic mass is 9.93. The zero-order valence-corrected chi connectivity index (χ0v) is 19.0. The van der Waals surface area contributed by atoms with Gasteiger partial charge >= 0.3 is 0 Å². The number of nitrogens with zero attached hydrogens (tertiary/aromatic N) is 1. The molecule has 2 aromatic carbocycles. The number of rotatable bonds is 11. The summed E-state index contributed by atoms with van der Waals surface area (Å²) in [5, 5.41) is 2.90. The van der Waals surface area contributed by atoms with Crippen molar-refractivity contribution in [2.45, 2.75) is 51.3 Å². The average Bonchev–Trinajstić information content (AvgIpc) is 2.74. The highest BCUT2D eigenvalue weighted by Crippen LogP contribution is 2.31. The maximum absolute atomic E-state index is 13.1. The van der Waals surface area contributed by atoms with E-state index >= 15 is 0 Å². The van der Waals surface area contributed by atoms with Gasteiger partial charge in [-0.15, -0.1) is 0 Å². The second-order valence-electron chi connectivity index (χ2n) is 6.93. The number of amides is 1. The van der Waals surface area contributed by atoms with E-state index in [1.165, 1.54) is 10.4 Å². The second-order valence-corrected chi connectivity index (χ2v) is 8.83. The van der Waals surface area contributed by atoms with E-state index in [1.54, 1.807) is 32.9 Å². The van der Waals surface area contributed by atoms with Crippen LogP contribution in [0.25, 0.3) is 0 Å². The van der Waals surface area contributed by atoms with Crippen LogP contribution in [0.3, 0.4) is 0 Å². The van der Waals surface area contributed by atoms with Crippen LogP contribution in [0.1, 0.15) is 52.0 Å². The Kier molecular flexibility index (Phi) is 8.87. The van der Waals surface area contributed by atoms with Crippen LogP contribution in [0.5, 0.6) is 5.75 Å². The molecule has 0 spiro atoms. The van der Waals surface area contributed by atoms with Gasteiger partial charge in [-0.25, -0.2) is 8.42 Å². The van der Waals surface area contributed by atoms with Crippen LogP contribution in [0.15, 0.2) is 53.4 Å². The number of sulfonamides is 1. The molecule has 0 aliphatic rings. The van der Waals surface area contributed by atoms with Crippen molar-refractivity contribution in [2.75, 3.05) is 25.0 Å². The van der Waals surface area contributed by atoms with Crippen LogP contribution < -0.4 is 10.1 Å². The third kappa shape index (κ3) is 5.61. The first kappa shape index (κ1) is 23.9. The molecule has 0 heterocycles. The van der Waals surface area contributed by atoms with Gasteiger partial charge in [-0.2, -0.15) is 4.31 Å². The lowest BCUT2D eigenvalue weighted by Crippen LogP contribution is -2.31. The van der Waals surface area contributed by atoms with Gasteiger partial charge in [-0.05, 0) is 37.1 Å². The van der Waals surface area contributed by atoms with Crippen LogP contribution in [-0.2, 0) is 14.8 Å². The number of benzene rings is 2. The first-order valence-corrected chi connectivity index (χ1v) is 12.0. The summed E-state index contributed by atoms with van der Waals surface area (Å²) in [6.07, 6.45) is 1.56. The van der Waals surface area contributed by atoms with Crippen molar-refractivity contribution in [3.8, 4) is 5.75 Å². The van der Waals surface area contributed by atoms with E-state index in [9.17, 15) is 13.2 Å². The minimum atomic E-state index is -3.74. The molecule has 1 N–H and O–H groups in total. The standard InChI is InChI=1S/C23H32N2O4S/c1-5-12-20(18-13-10-9-11-14-18)23(26)24-19-15-16-21(29-8-4)22(17-19)30(27,28)25(6-2)7-3/h9-11,13-17,20H,5-8,12H2,1-4H3,(H,24,26). The molecule has 2 aromatic rings. The van der Waals surface area contributed by atoms with Crippen molar-refractivity contribution in [1.82, 2.24) is 4.31 Å². The van der Waals surface area contributed by atoms with Crippen LogP contribution >= 0.6 is 0 Å². The highest BCUT2D eigenvalue weighted by atomic mass is 32.2. The van der Waals surface area contributed by atoms with Gasteiger partial charge < -0.3 is 10.1 Å². The maximum Gasteiger partial charge on any atom is 0.246 e. The molecule has 0 radical (unpaired) electrons. The van der Waals surface area contributed by atoms with Crippen LogP contribution in [0, 0.1) is 0 Å². The van der Waals surface area contributed by atoms with Gasteiger partial charge in [0, 0.05) is 18.8 Å². The van der Waals surface area contributed by atoms with E-state index in [0.29, 0.717) is 31.8 Å². The molecular weight excluding hydrogens is 400 g/mol. The number of carbonyl (C=O) groups excluding carboxylic acids is 1. The normalized spacial score (nSPS) is 12.6. The summed E-state index contributed by atoms with van der Waals surface area (Å²) in [5.41, 5.74) is 1.38. The molecule has 0 aliphatic carbocycles. The Morgan fingerprint density at radius 3 is 2.27 bits per heavy atom. The molecule has 0 bridgehead atoms. The Morgan fingerprint density at radius 1 is 1.03 bits per heavy atom. The molecule has 164 valence electrons. The zero-order chi connectivity index (χ0) is 22.1. The van der Waals surface area contributed by atoms with Gasteiger partial charge in [0.15, 0.2) is 0 Å². The van der Waals surface area contributed by atoms with Crippen LogP contribution in [-0.4, -0.2) is 38.3 Å². The predicted molar refractivity (Wildman–Crippen MR) is 120 cm³/mol. The smallest absolute Gasteiger partial charge is 0.246 e. The van der Waals surface area contributed by atoms with E-state index < -0.39 is 10.0 Å². The van der Waals surface area contributed by atoms with Crippen LogP contribution in [0.2, 0.25) is 0 Å². The predicted octanol–water partition coefficient (Wildman–Crippen LogP) is 4.64. The number of nitrogens with one attached hydrogen (secondary N) is 1. The van der Waals surface area contributed by atoms with Gasteiger partial charge in [0.2, 0.25) is 15.9 Å². The Morgan fingerprint density at radius 2 is 1.70 bits per heavy atom. The van der Waals surface area contributed by atoms with Crippen molar-refractivity contribution < 1.29 is 17.9 Å². The van der Waals surface area contributed by atoms with Gasteiger partial charge in [-0.1, -0.05) is 57.5 Å². The van der Waals surface area contributed by atoms with Crippen molar-refractivity contribution in [2.24, 2.45) is 0 Å². The molecule has 7 heteroatoms. The molecule has 0 saturated heterocycles. The summed E-state index contributed by atoms with van der Waals surface area (Å²) in [6, 6.07) is 14.4. The number of ether oxygens (including phenoxy) is 1. The van der Waals surface area contributed by atoms with Crippen molar-refractivity contribution >= 4 is 21.6 Å². The Hall–Kier alpha value is -2.38. The Balaban J connectivity index is 2.39. The number of hydrogen-bond donors (Lipinski definition) is 1. The minimum absolute atomic E-state index is 0.0672. The van der Waals surface area contributed by atoms with Crippen molar-refractivity contribution in [1.29, 1.82) is 0 Å². The molecule has 1 atom stereocenters. The summed E-state index contributed by atoms with van der Waals surface area (Å²) >= 11 is 0. The van der Waals surface area contributed by atoms with Gasteiger partial charge in [0.1, 0.15) is 10.6 Å². The molecule has 6 nitrogen and oxygen atoms in total. The molecule has 0 aromatic heterocycles. The summed E-state index contributed by atoms with van der Waals surface area (Å²) in [5.74, 6) is -0.167. The average molecular weight is 433 g/mol. The lowest BCUT2D eigenvalue weighted by molar-refractivity contribution is -0.117. The first-order chi connectivity index (χ1) is 14.4. The fourth-order valence-electron chi connectivity index (χ4n) is 3.42. The Labute approximate surface area is 180 Å². The molecule has 0 saturated carbocycles. The number of carbonyl (C=O) groups is 1. The fraction of sp³-hybridized carbons (Fsp3) is 0.435. The monoisotopic (exact) mass is 432 g/mol. The number of anilines is 1. The van der Waals surface area contributed by atoms with E-state index in [-0.39, 0.29) is 22.5 Å². The third-order valence-corrected chi connectivity index (χ3v) is 7.00. The van der Waals surface area contributed by atoms with Gasteiger partial charge in [-0.3, -0.25) is 4.79 Å². The minimum Gasteiger partial charge on any atom is -0.492 e. The molecule has 1 amide bonds. The lowest BCUT2D eigenvalue weighted by Gasteiger charge is -2.21. The van der Waals surface area contributed by atoms with Crippen molar-refractivity contribution in [3.05, 3.63) is 54.1 Å². The maximum atomic E-state index is 13.1. The topological polar surface area (TPSA) is 75.7 Å². The molecule has 1 unspecified atom stereocenters. The highest BCUT2D eigenvalue weighted by Gasteiger charge is 2.27. The van der Waals surface area contributed by atoms with Gasteiger partial charge in [0.05, 0.1) is 12.5 Å². The quantitative estimate of drug-likeness (QED) is 0.561. The van der Waals surface area contributed by atoms with Gasteiger partial charge in [0.25, 0.3) is 0 Å². The molecule has 2 rings (SSSR count). The largest absolute Gasteiger partial charge is 0.492 e. The zero-order valence-electron chi connectivity index (χ0n) is 18.2. The van der Waals surface area contributed by atoms with Crippen molar-refractivity contribution in [3.63, 3.8) is 0 Å². The number of hydrogen-bond acceptors (Lipinski definition) is 4. The summed E-state index contributed by atoms with van der Waals surface area (Å²) < 4.78 is 33.2. The highest BCUT2D eigenvalue weighted by molar-refractivity contribution is 7.89. The van der Waals surface area contributed by atoms with E-state index in [4.69, 9.17) is 4.74 Å². The van der Waals surface area contributed by atoms with E-state index in [1.807, 2.05) is 37.3 Å². The summed E-state index contributed by atoms with van der Waals surface area (Å²) in [7, 11) is -3.74. The molecule has 0 aliphatic heterocycles. The fourth-order valence-corrected chi connectivity index (χ4v) is 5.03. The van der Waals surface area contributed by atoms with E-state index in [0.717, 1.165) is 12.0 Å². The molecule has 30 heavy (non-hydrogen) atoms. The summed E-state index contributed by atoms with van der Waals surface area (Å²) in [6.45, 7) is 8.48. The second kappa shape index (κ2) is 11.1. The molecule has 0 fully saturated rings.